The van der Waals surface area contributed by atoms with Gasteiger partial charge in [0.1, 0.15) is 0 Å². The van der Waals surface area contributed by atoms with Gasteiger partial charge >= 0.3 is 0 Å². The average molecular weight is 276 g/mol. The topological polar surface area (TPSA) is 55.1 Å². The molecule has 1 aromatic rings. The van der Waals surface area contributed by atoms with Crippen LogP contribution in [0, 0.1) is 0 Å². The Hall–Kier alpha value is -1.42. The van der Waals surface area contributed by atoms with Crippen molar-refractivity contribution in [2.75, 3.05) is 6.54 Å². The van der Waals surface area contributed by atoms with Gasteiger partial charge in [-0.3, -0.25) is 4.79 Å². The van der Waals surface area contributed by atoms with Gasteiger partial charge in [-0.2, -0.15) is 0 Å². The van der Waals surface area contributed by atoms with Crippen molar-refractivity contribution in [1.82, 2.24) is 5.32 Å². The predicted octanol–water partition coefficient (Wildman–Crippen LogP) is 2.29. The summed E-state index contributed by atoms with van der Waals surface area (Å²) in [4.78, 5) is 12.7. The predicted molar refractivity (Wildman–Crippen MR) is 81.2 cm³/mol. The van der Waals surface area contributed by atoms with Crippen LogP contribution < -0.4 is 11.1 Å². The van der Waals surface area contributed by atoms with E-state index in [0.717, 1.165) is 25.7 Å². The van der Waals surface area contributed by atoms with Crippen molar-refractivity contribution in [1.29, 1.82) is 0 Å². The van der Waals surface area contributed by atoms with Gasteiger partial charge in [0, 0.05) is 6.54 Å². The number of thiocarbonyl (C=S) groups is 1. The number of rotatable bonds is 5. The lowest BCUT2D eigenvalue weighted by Gasteiger charge is -2.24. The Morgan fingerprint density at radius 1 is 1.42 bits per heavy atom. The van der Waals surface area contributed by atoms with Crippen LogP contribution in [0.15, 0.2) is 24.3 Å². The highest BCUT2D eigenvalue weighted by molar-refractivity contribution is 7.80. The van der Waals surface area contributed by atoms with Crippen molar-refractivity contribution in [3.05, 3.63) is 35.4 Å². The molecule has 0 heterocycles. The van der Waals surface area contributed by atoms with Gasteiger partial charge in [-0.25, -0.2) is 0 Å². The highest BCUT2D eigenvalue weighted by Gasteiger charge is 2.25. The third kappa shape index (κ3) is 3.77. The Morgan fingerprint density at radius 2 is 2.21 bits per heavy atom. The van der Waals surface area contributed by atoms with Gasteiger partial charge < -0.3 is 11.1 Å². The van der Waals surface area contributed by atoms with Crippen LogP contribution in [0.2, 0.25) is 0 Å². The van der Waals surface area contributed by atoms with E-state index in [1.807, 2.05) is 12.1 Å². The number of carbonyl (C=O) groups excluding carboxylic acids is 1. The van der Waals surface area contributed by atoms with E-state index >= 15 is 0 Å². The molecule has 102 valence electrons. The van der Waals surface area contributed by atoms with Gasteiger partial charge in [-0.15, -0.1) is 0 Å². The molecule has 0 saturated heterocycles. The van der Waals surface area contributed by atoms with Gasteiger partial charge in [0.05, 0.1) is 10.9 Å². The maximum atomic E-state index is 12.2. The van der Waals surface area contributed by atoms with Gasteiger partial charge in [0.25, 0.3) is 0 Å². The van der Waals surface area contributed by atoms with Crippen LogP contribution in [-0.2, 0) is 11.2 Å². The maximum Gasteiger partial charge on any atom is 0.227 e. The average Bonchev–Trinajstić information content (AvgIpc) is 2.42. The molecule has 0 radical (unpaired) electrons. The Bertz CT molecular complexity index is 473. The molecule has 0 aromatic heterocycles. The Balaban J connectivity index is 1.92. The second-order valence-electron chi connectivity index (χ2n) is 5.00. The molecule has 0 bridgehead atoms. The molecule has 0 aliphatic heterocycles. The van der Waals surface area contributed by atoms with Gasteiger partial charge in [0.15, 0.2) is 0 Å². The third-order valence-corrected chi connectivity index (χ3v) is 3.79. The number of fused-ring (bicyclic) bond motifs is 1. The first-order valence-electron chi connectivity index (χ1n) is 6.82. The minimum absolute atomic E-state index is 0.00905. The third-order valence-electron chi connectivity index (χ3n) is 3.59. The molecule has 0 saturated carbocycles. The van der Waals surface area contributed by atoms with Crippen molar-refractivity contribution < 1.29 is 4.79 Å². The minimum atomic E-state index is 0.00905. The van der Waals surface area contributed by atoms with Crippen LogP contribution in [0.25, 0.3) is 0 Å². The van der Waals surface area contributed by atoms with E-state index in [0.29, 0.717) is 18.0 Å². The van der Waals surface area contributed by atoms with Crippen LogP contribution in [0.5, 0.6) is 0 Å². The summed E-state index contributed by atoms with van der Waals surface area (Å²) in [6, 6.07) is 8.26. The molecule has 1 amide bonds. The molecule has 1 aromatic carbocycles. The van der Waals surface area contributed by atoms with Gasteiger partial charge in [-0.1, -0.05) is 36.5 Å². The number of nitrogens with one attached hydrogen (secondary N) is 1. The number of amides is 1. The smallest absolute Gasteiger partial charge is 0.227 e. The molecule has 1 atom stereocenters. The Kier molecular flexibility index (Phi) is 4.91. The van der Waals surface area contributed by atoms with Crippen molar-refractivity contribution in [3.8, 4) is 0 Å². The van der Waals surface area contributed by atoms with Crippen molar-refractivity contribution in [2.45, 2.75) is 38.0 Å². The van der Waals surface area contributed by atoms with Crippen LogP contribution >= 0.6 is 12.2 Å². The van der Waals surface area contributed by atoms with Crippen molar-refractivity contribution in [3.63, 3.8) is 0 Å². The van der Waals surface area contributed by atoms with Crippen LogP contribution in [-0.4, -0.2) is 17.4 Å². The number of benzene rings is 1. The molecule has 1 unspecified atom stereocenters. The summed E-state index contributed by atoms with van der Waals surface area (Å²) in [5.74, 6) is 0.143. The first-order chi connectivity index (χ1) is 9.18. The van der Waals surface area contributed by atoms with E-state index < -0.39 is 0 Å². The lowest BCUT2D eigenvalue weighted by Crippen LogP contribution is -2.32. The highest BCUT2D eigenvalue weighted by Crippen LogP contribution is 2.31. The monoisotopic (exact) mass is 276 g/mol. The van der Waals surface area contributed by atoms with E-state index in [1.54, 1.807) is 0 Å². The van der Waals surface area contributed by atoms with E-state index in [-0.39, 0.29) is 11.8 Å². The number of carbonyl (C=O) groups is 1. The number of nitrogens with two attached hydrogens (primary N) is 1. The summed E-state index contributed by atoms with van der Waals surface area (Å²) in [7, 11) is 0. The summed E-state index contributed by atoms with van der Waals surface area (Å²) in [6.07, 6.45) is 4.62. The van der Waals surface area contributed by atoms with Gasteiger partial charge in [0.2, 0.25) is 5.91 Å². The number of hydrogen-bond acceptors (Lipinski definition) is 2. The lowest BCUT2D eigenvalue weighted by atomic mass is 9.82. The quantitative estimate of drug-likeness (QED) is 0.641. The molecule has 2 rings (SSSR count). The van der Waals surface area contributed by atoms with Crippen molar-refractivity contribution >= 4 is 23.1 Å². The van der Waals surface area contributed by atoms with E-state index in [1.165, 1.54) is 11.1 Å². The highest BCUT2D eigenvalue weighted by atomic mass is 32.1. The molecule has 0 spiro atoms. The largest absolute Gasteiger partial charge is 0.393 e. The molecular weight excluding hydrogens is 256 g/mol. The molecule has 4 heteroatoms. The summed E-state index contributed by atoms with van der Waals surface area (Å²) >= 11 is 4.82. The minimum Gasteiger partial charge on any atom is -0.393 e. The fourth-order valence-corrected chi connectivity index (χ4v) is 2.77. The molecule has 1 aliphatic rings. The summed E-state index contributed by atoms with van der Waals surface area (Å²) in [5.41, 5.74) is 7.95. The number of aryl methyl sites for hydroxylation is 1. The molecule has 3 nitrogen and oxygen atoms in total. The Morgan fingerprint density at radius 3 is 3.00 bits per heavy atom. The zero-order valence-electron chi connectivity index (χ0n) is 11.0. The van der Waals surface area contributed by atoms with Crippen LogP contribution in [0.4, 0.5) is 0 Å². The first-order valence-corrected chi connectivity index (χ1v) is 7.23. The normalized spacial score (nSPS) is 17.6. The maximum absolute atomic E-state index is 12.2. The first kappa shape index (κ1) is 14.0. The SMILES string of the molecule is NC(=S)CCCNC(=O)C1CCCc2ccccc21. The summed E-state index contributed by atoms with van der Waals surface area (Å²) in [5, 5.41) is 2.99. The zero-order valence-corrected chi connectivity index (χ0v) is 11.8. The number of hydrogen-bond donors (Lipinski definition) is 2. The lowest BCUT2D eigenvalue weighted by molar-refractivity contribution is -0.122. The molecule has 0 fully saturated rings. The summed E-state index contributed by atoms with van der Waals surface area (Å²) in [6.45, 7) is 0.648. The second kappa shape index (κ2) is 6.66. The summed E-state index contributed by atoms with van der Waals surface area (Å²) < 4.78 is 0. The standard InChI is InChI=1S/C15H20N2OS/c16-14(19)9-4-10-17-15(18)13-8-3-6-11-5-1-2-7-12(11)13/h1-2,5,7,13H,3-4,6,8-10H2,(H2,16,19)(H,17,18). The van der Waals surface area contributed by atoms with E-state index in [4.69, 9.17) is 18.0 Å². The van der Waals surface area contributed by atoms with Crippen molar-refractivity contribution in [2.24, 2.45) is 5.73 Å². The molecule has 19 heavy (non-hydrogen) atoms. The zero-order chi connectivity index (χ0) is 13.7. The molecule has 3 N–H and O–H groups in total. The van der Waals surface area contributed by atoms with E-state index in [9.17, 15) is 4.79 Å². The van der Waals surface area contributed by atoms with Gasteiger partial charge in [-0.05, 0) is 43.2 Å². The fourth-order valence-electron chi connectivity index (χ4n) is 2.62. The van der Waals surface area contributed by atoms with Crippen LogP contribution in [0.1, 0.15) is 42.7 Å². The Labute approximate surface area is 119 Å². The van der Waals surface area contributed by atoms with Crippen LogP contribution in [0.3, 0.4) is 0 Å². The molecule has 1 aliphatic carbocycles. The fraction of sp³-hybridized carbons (Fsp3) is 0.467. The second-order valence-corrected chi connectivity index (χ2v) is 5.53. The molecular formula is C15H20N2OS. The van der Waals surface area contributed by atoms with E-state index in [2.05, 4.69) is 17.4 Å².